The third kappa shape index (κ3) is 3.76. The topological polar surface area (TPSA) is 50.4 Å². The lowest BCUT2D eigenvalue weighted by molar-refractivity contribution is -0.122. The Morgan fingerprint density at radius 3 is 2.75 bits per heavy atom. The van der Waals surface area contributed by atoms with Crippen molar-refractivity contribution in [1.82, 2.24) is 10.6 Å². The lowest BCUT2D eigenvalue weighted by Gasteiger charge is -2.22. The number of ether oxygens (including phenoxy) is 1. The molecule has 0 bridgehead atoms. The molecule has 0 saturated carbocycles. The van der Waals surface area contributed by atoms with Crippen LogP contribution in [0.3, 0.4) is 0 Å². The summed E-state index contributed by atoms with van der Waals surface area (Å²) in [6.45, 7) is 4.62. The van der Waals surface area contributed by atoms with Gasteiger partial charge in [0.25, 0.3) is 0 Å². The van der Waals surface area contributed by atoms with Gasteiger partial charge in [-0.25, -0.2) is 0 Å². The van der Waals surface area contributed by atoms with E-state index in [4.69, 9.17) is 4.74 Å². The summed E-state index contributed by atoms with van der Waals surface area (Å²) in [6.07, 6.45) is 4.01. The van der Waals surface area contributed by atoms with Crippen molar-refractivity contribution in [3.8, 4) is 0 Å². The maximum absolute atomic E-state index is 11.7. The van der Waals surface area contributed by atoms with E-state index >= 15 is 0 Å². The summed E-state index contributed by atoms with van der Waals surface area (Å²) in [5.74, 6) is 1.40. The summed E-state index contributed by atoms with van der Waals surface area (Å²) in [7, 11) is 0. The van der Waals surface area contributed by atoms with Gasteiger partial charge in [-0.3, -0.25) is 4.79 Å². The Bertz CT molecular complexity index is 221. The average Bonchev–Trinajstić information content (AvgIpc) is 2.81. The van der Waals surface area contributed by atoms with Gasteiger partial charge in [0.2, 0.25) is 5.91 Å². The van der Waals surface area contributed by atoms with E-state index in [1.807, 2.05) is 0 Å². The first-order valence-electron chi connectivity index (χ1n) is 6.40. The van der Waals surface area contributed by atoms with Crippen LogP contribution in [0, 0.1) is 11.8 Å². The molecule has 92 valence electrons. The molecule has 0 radical (unpaired) electrons. The molecule has 2 rings (SSSR count). The Morgan fingerprint density at radius 2 is 2.06 bits per heavy atom. The second-order valence-electron chi connectivity index (χ2n) is 4.92. The van der Waals surface area contributed by atoms with Crippen molar-refractivity contribution in [2.75, 3.05) is 32.8 Å². The summed E-state index contributed by atoms with van der Waals surface area (Å²) < 4.78 is 5.29. The maximum atomic E-state index is 11.7. The quantitative estimate of drug-likeness (QED) is 0.735. The fraction of sp³-hybridized carbons (Fsp3) is 0.917. The summed E-state index contributed by atoms with van der Waals surface area (Å²) in [5.41, 5.74) is 0. The molecule has 0 aromatic heterocycles. The van der Waals surface area contributed by atoms with Crippen molar-refractivity contribution >= 4 is 5.91 Å². The van der Waals surface area contributed by atoms with Crippen LogP contribution in [0.4, 0.5) is 0 Å². The molecule has 0 spiro atoms. The first kappa shape index (κ1) is 11.9. The van der Waals surface area contributed by atoms with Gasteiger partial charge in [0.1, 0.15) is 0 Å². The predicted octanol–water partition coefficient (Wildman–Crippen LogP) is 0.529. The summed E-state index contributed by atoms with van der Waals surface area (Å²) in [4.78, 5) is 11.7. The highest BCUT2D eigenvalue weighted by atomic mass is 16.5. The second-order valence-corrected chi connectivity index (χ2v) is 4.92. The van der Waals surface area contributed by atoms with Gasteiger partial charge in [-0.05, 0) is 44.2 Å². The molecule has 2 N–H and O–H groups in total. The number of carbonyl (C=O) groups excluding carboxylic acids is 1. The van der Waals surface area contributed by atoms with Crippen molar-refractivity contribution in [2.24, 2.45) is 11.8 Å². The highest BCUT2D eigenvalue weighted by Gasteiger charge is 2.19. The minimum absolute atomic E-state index is 0.222. The first-order valence-corrected chi connectivity index (χ1v) is 6.40. The molecule has 1 atom stereocenters. The van der Waals surface area contributed by atoms with Gasteiger partial charge >= 0.3 is 0 Å². The van der Waals surface area contributed by atoms with Crippen LogP contribution < -0.4 is 10.6 Å². The zero-order chi connectivity index (χ0) is 11.2. The highest BCUT2D eigenvalue weighted by molar-refractivity contribution is 5.76. The Balaban J connectivity index is 1.59. The van der Waals surface area contributed by atoms with Gasteiger partial charge in [0, 0.05) is 26.2 Å². The van der Waals surface area contributed by atoms with Gasteiger partial charge in [0.05, 0.1) is 0 Å². The molecule has 16 heavy (non-hydrogen) atoms. The van der Waals surface area contributed by atoms with E-state index in [0.29, 0.717) is 18.3 Å². The number of rotatable bonds is 4. The molecular weight excluding hydrogens is 204 g/mol. The minimum Gasteiger partial charge on any atom is -0.381 e. The van der Waals surface area contributed by atoms with Crippen LogP contribution in [-0.2, 0) is 9.53 Å². The van der Waals surface area contributed by atoms with Crippen LogP contribution >= 0.6 is 0 Å². The van der Waals surface area contributed by atoms with E-state index in [2.05, 4.69) is 10.6 Å². The predicted molar refractivity (Wildman–Crippen MR) is 62.1 cm³/mol. The van der Waals surface area contributed by atoms with Crippen LogP contribution in [0.5, 0.6) is 0 Å². The van der Waals surface area contributed by atoms with Gasteiger partial charge in [0.15, 0.2) is 0 Å². The summed E-state index contributed by atoms with van der Waals surface area (Å²) in [5, 5.41) is 6.34. The molecule has 4 heteroatoms. The van der Waals surface area contributed by atoms with E-state index in [1.54, 1.807) is 0 Å². The van der Waals surface area contributed by atoms with Crippen LogP contribution in [0.1, 0.15) is 25.7 Å². The molecule has 0 aromatic rings. The number of hydrogen-bond acceptors (Lipinski definition) is 3. The summed E-state index contributed by atoms with van der Waals surface area (Å²) in [6, 6.07) is 0. The minimum atomic E-state index is 0.222. The van der Waals surface area contributed by atoms with Gasteiger partial charge in [-0.1, -0.05) is 0 Å². The molecule has 2 fully saturated rings. The lowest BCUT2D eigenvalue weighted by atomic mass is 10.00. The van der Waals surface area contributed by atoms with Gasteiger partial charge < -0.3 is 15.4 Å². The van der Waals surface area contributed by atoms with Gasteiger partial charge in [-0.15, -0.1) is 0 Å². The molecule has 1 unspecified atom stereocenters. The van der Waals surface area contributed by atoms with Crippen LogP contribution in [0.15, 0.2) is 0 Å². The monoisotopic (exact) mass is 226 g/mol. The Morgan fingerprint density at radius 1 is 1.25 bits per heavy atom. The van der Waals surface area contributed by atoms with Crippen molar-refractivity contribution in [3.63, 3.8) is 0 Å². The molecule has 1 amide bonds. The number of nitrogens with one attached hydrogen (secondary N) is 2. The van der Waals surface area contributed by atoms with Crippen molar-refractivity contribution in [2.45, 2.75) is 25.7 Å². The van der Waals surface area contributed by atoms with Crippen molar-refractivity contribution in [1.29, 1.82) is 0 Å². The second kappa shape index (κ2) is 6.21. The smallest absolute Gasteiger partial charge is 0.220 e. The van der Waals surface area contributed by atoms with Crippen LogP contribution in [0.2, 0.25) is 0 Å². The normalized spacial score (nSPS) is 26.9. The van der Waals surface area contributed by atoms with Crippen molar-refractivity contribution in [3.05, 3.63) is 0 Å². The highest BCUT2D eigenvalue weighted by Crippen LogP contribution is 2.14. The first-order chi connectivity index (χ1) is 7.84. The fourth-order valence-corrected chi connectivity index (χ4v) is 2.43. The van der Waals surface area contributed by atoms with E-state index < -0.39 is 0 Å². The SMILES string of the molecule is O=C(CC1CCNC1)NCC1CCOCC1. The number of hydrogen-bond donors (Lipinski definition) is 2. The Labute approximate surface area is 97.1 Å². The third-order valence-corrected chi connectivity index (χ3v) is 3.57. The molecule has 2 aliphatic heterocycles. The standard InChI is InChI=1S/C12H22N2O2/c15-12(7-11-1-4-13-8-11)14-9-10-2-5-16-6-3-10/h10-11,13H,1-9H2,(H,14,15). The summed E-state index contributed by atoms with van der Waals surface area (Å²) >= 11 is 0. The lowest BCUT2D eigenvalue weighted by Crippen LogP contribution is -2.33. The number of carbonyl (C=O) groups is 1. The Hall–Kier alpha value is -0.610. The molecule has 0 aromatic carbocycles. The van der Waals surface area contributed by atoms with E-state index in [9.17, 15) is 4.79 Å². The van der Waals surface area contributed by atoms with E-state index in [0.717, 1.165) is 52.1 Å². The fourth-order valence-electron chi connectivity index (χ4n) is 2.43. The Kier molecular flexibility index (Phi) is 4.60. The molecule has 2 aliphatic rings. The molecule has 2 heterocycles. The molecular formula is C12H22N2O2. The molecule has 2 saturated heterocycles. The van der Waals surface area contributed by atoms with E-state index in [-0.39, 0.29) is 5.91 Å². The average molecular weight is 226 g/mol. The van der Waals surface area contributed by atoms with Gasteiger partial charge in [-0.2, -0.15) is 0 Å². The van der Waals surface area contributed by atoms with Crippen molar-refractivity contribution < 1.29 is 9.53 Å². The zero-order valence-corrected chi connectivity index (χ0v) is 9.84. The van der Waals surface area contributed by atoms with E-state index in [1.165, 1.54) is 0 Å². The molecule has 4 nitrogen and oxygen atoms in total. The molecule has 0 aliphatic carbocycles. The van der Waals surface area contributed by atoms with Crippen LogP contribution in [0.25, 0.3) is 0 Å². The van der Waals surface area contributed by atoms with Crippen LogP contribution in [-0.4, -0.2) is 38.8 Å². The zero-order valence-electron chi connectivity index (χ0n) is 9.84. The third-order valence-electron chi connectivity index (χ3n) is 3.57. The maximum Gasteiger partial charge on any atom is 0.220 e. The number of amides is 1. The largest absolute Gasteiger partial charge is 0.381 e.